The number of Topliss-reactive ketones (excluding diaryl/α,β-unsaturated/α-hetero) is 1. The number of ketones is 1. The maximum atomic E-state index is 12.4. The number of ether oxygens (including phenoxy) is 1. The van der Waals surface area contributed by atoms with Gasteiger partial charge >= 0.3 is 5.97 Å². The molecule has 0 bridgehead atoms. The van der Waals surface area contributed by atoms with Gasteiger partial charge in [0.25, 0.3) is 11.7 Å². The van der Waals surface area contributed by atoms with Crippen LogP contribution in [0.5, 0.6) is 0 Å². The molecule has 25 heavy (non-hydrogen) atoms. The third-order valence-corrected chi connectivity index (χ3v) is 4.34. The van der Waals surface area contributed by atoms with Gasteiger partial charge in [-0.1, -0.05) is 46.3 Å². The van der Waals surface area contributed by atoms with Crippen LogP contribution in [-0.4, -0.2) is 31.3 Å². The SMILES string of the molecule is COC(=O)/C(=C/c1ccccc1)CN1C(=O)C(=O)c2cc(Br)ccc21. The molecule has 0 spiro atoms. The summed E-state index contributed by atoms with van der Waals surface area (Å²) in [6, 6.07) is 14.3. The molecular weight excluding hydrogens is 386 g/mol. The molecule has 0 fully saturated rings. The summed E-state index contributed by atoms with van der Waals surface area (Å²) in [5, 5.41) is 0. The minimum Gasteiger partial charge on any atom is -0.466 e. The summed E-state index contributed by atoms with van der Waals surface area (Å²) in [4.78, 5) is 38.0. The second kappa shape index (κ2) is 7.03. The van der Waals surface area contributed by atoms with E-state index in [2.05, 4.69) is 15.9 Å². The number of fused-ring (bicyclic) bond motifs is 1. The van der Waals surface area contributed by atoms with E-state index in [0.717, 1.165) is 5.56 Å². The first-order valence-corrected chi connectivity index (χ1v) is 8.30. The van der Waals surface area contributed by atoms with Crippen molar-refractivity contribution < 1.29 is 19.1 Å². The van der Waals surface area contributed by atoms with Crippen molar-refractivity contribution in [2.45, 2.75) is 0 Å². The van der Waals surface area contributed by atoms with E-state index in [-0.39, 0.29) is 12.1 Å². The third kappa shape index (κ3) is 3.39. The lowest BCUT2D eigenvalue weighted by Crippen LogP contribution is -2.33. The van der Waals surface area contributed by atoms with Crippen molar-refractivity contribution in [1.29, 1.82) is 0 Å². The highest BCUT2D eigenvalue weighted by atomic mass is 79.9. The first kappa shape index (κ1) is 17.1. The Hall–Kier alpha value is -2.73. The Kier molecular flexibility index (Phi) is 4.81. The Morgan fingerprint density at radius 3 is 2.56 bits per heavy atom. The minimum absolute atomic E-state index is 0.0409. The molecular formula is C19H14BrNO4. The Balaban J connectivity index is 1.98. The number of amides is 1. The van der Waals surface area contributed by atoms with Crippen molar-refractivity contribution in [2.24, 2.45) is 0 Å². The Morgan fingerprint density at radius 1 is 1.16 bits per heavy atom. The van der Waals surface area contributed by atoms with E-state index >= 15 is 0 Å². The van der Waals surface area contributed by atoms with E-state index in [0.29, 0.717) is 15.7 Å². The molecule has 1 aliphatic heterocycles. The van der Waals surface area contributed by atoms with Gasteiger partial charge in [-0.25, -0.2) is 4.79 Å². The average Bonchev–Trinajstić information content (AvgIpc) is 2.86. The van der Waals surface area contributed by atoms with Crippen LogP contribution in [0.25, 0.3) is 6.08 Å². The molecule has 1 amide bonds. The Morgan fingerprint density at radius 2 is 1.88 bits per heavy atom. The monoisotopic (exact) mass is 399 g/mol. The van der Waals surface area contributed by atoms with Crippen molar-refractivity contribution in [1.82, 2.24) is 0 Å². The predicted octanol–water partition coefficient (Wildman–Crippen LogP) is 3.24. The van der Waals surface area contributed by atoms with Crippen LogP contribution in [0.3, 0.4) is 0 Å². The quantitative estimate of drug-likeness (QED) is 0.449. The molecule has 0 radical (unpaired) electrons. The highest BCUT2D eigenvalue weighted by Crippen LogP contribution is 2.32. The van der Waals surface area contributed by atoms with Crippen LogP contribution >= 0.6 is 15.9 Å². The second-order valence-electron chi connectivity index (χ2n) is 5.45. The van der Waals surface area contributed by atoms with E-state index in [4.69, 9.17) is 4.74 Å². The number of methoxy groups -OCH3 is 1. The second-order valence-corrected chi connectivity index (χ2v) is 6.37. The number of rotatable bonds is 4. The molecule has 0 N–H and O–H groups in total. The molecule has 5 nitrogen and oxygen atoms in total. The largest absolute Gasteiger partial charge is 0.466 e. The van der Waals surface area contributed by atoms with Crippen LogP contribution in [0.1, 0.15) is 15.9 Å². The number of hydrogen-bond donors (Lipinski definition) is 0. The van der Waals surface area contributed by atoms with Crippen LogP contribution in [0.2, 0.25) is 0 Å². The molecule has 0 aromatic heterocycles. The van der Waals surface area contributed by atoms with Crippen LogP contribution in [0.4, 0.5) is 5.69 Å². The number of halogens is 1. The van der Waals surface area contributed by atoms with Gasteiger partial charge in [-0.05, 0) is 29.8 Å². The fourth-order valence-corrected chi connectivity index (χ4v) is 3.01. The van der Waals surface area contributed by atoms with Crippen molar-refractivity contribution in [3.8, 4) is 0 Å². The van der Waals surface area contributed by atoms with Gasteiger partial charge < -0.3 is 9.64 Å². The zero-order valence-corrected chi connectivity index (χ0v) is 14.9. The van der Waals surface area contributed by atoms with Gasteiger partial charge in [0.1, 0.15) is 0 Å². The summed E-state index contributed by atoms with van der Waals surface area (Å²) < 4.78 is 5.54. The van der Waals surface area contributed by atoms with E-state index in [1.54, 1.807) is 24.3 Å². The smallest absolute Gasteiger partial charge is 0.335 e. The molecule has 0 saturated heterocycles. The summed E-state index contributed by atoms with van der Waals surface area (Å²) >= 11 is 3.29. The Labute approximate surface area is 153 Å². The molecule has 1 heterocycles. The topological polar surface area (TPSA) is 63.7 Å². The maximum Gasteiger partial charge on any atom is 0.335 e. The summed E-state index contributed by atoms with van der Waals surface area (Å²) in [7, 11) is 1.28. The van der Waals surface area contributed by atoms with Crippen molar-refractivity contribution in [3.05, 3.63) is 69.7 Å². The molecule has 3 rings (SSSR count). The first-order valence-electron chi connectivity index (χ1n) is 7.51. The normalized spacial score (nSPS) is 13.8. The fourth-order valence-electron chi connectivity index (χ4n) is 2.65. The predicted molar refractivity (Wildman–Crippen MR) is 97.3 cm³/mol. The average molecular weight is 400 g/mol. The molecule has 0 atom stereocenters. The zero-order valence-electron chi connectivity index (χ0n) is 13.4. The number of nitrogens with zero attached hydrogens (tertiary/aromatic N) is 1. The fraction of sp³-hybridized carbons (Fsp3) is 0.105. The molecule has 0 unspecified atom stereocenters. The van der Waals surface area contributed by atoms with E-state index < -0.39 is 17.7 Å². The zero-order chi connectivity index (χ0) is 18.0. The minimum atomic E-state index is -0.657. The molecule has 126 valence electrons. The highest BCUT2D eigenvalue weighted by molar-refractivity contribution is 9.10. The lowest BCUT2D eigenvalue weighted by atomic mass is 10.1. The van der Waals surface area contributed by atoms with Crippen molar-refractivity contribution in [2.75, 3.05) is 18.6 Å². The maximum absolute atomic E-state index is 12.4. The van der Waals surface area contributed by atoms with Gasteiger partial charge in [-0.2, -0.15) is 0 Å². The van der Waals surface area contributed by atoms with Crippen LogP contribution in [0.15, 0.2) is 58.6 Å². The van der Waals surface area contributed by atoms with Gasteiger partial charge in [0.15, 0.2) is 0 Å². The van der Waals surface area contributed by atoms with Gasteiger partial charge in [0.2, 0.25) is 0 Å². The van der Waals surface area contributed by atoms with Crippen LogP contribution < -0.4 is 4.90 Å². The number of benzene rings is 2. The van der Waals surface area contributed by atoms with Crippen molar-refractivity contribution in [3.63, 3.8) is 0 Å². The summed E-state index contributed by atoms with van der Waals surface area (Å²) in [5.74, 6) is -1.79. The van der Waals surface area contributed by atoms with Crippen molar-refractivity contribution >= 4 is 45.4 Å². The van der Waals surface area contributed by atoms with Gasteiger partial charge in [-0.3, -0.25) is 9.59 Å². The number of anilines is 1. The van der Waals surface area contributed by atoms with Crippen LogP contribution in [-0.2, 0) is 14.3 Å². The summed E-state index contributed by atoms with van der Waals surface area (Å²) in [5.41, 5.74) is 1.90. The highest BCUT2D eigenvalue weighted by Gasteiger charge is 2.36. The summed E-state index contributed by atoms with van der Waals surface area (Å²) in [6.45, 7) is -0.0409. The number of carbonyl (C=O) groups excluding carboxylic acids is 3. The molecule has 2 aromatic carbocycles. The lowest BCUT2D eigenvalue weighted by Gasteiger charge is -2.17. The van der Waals surface area contributed by atoms with E-state index in [1.165, 1.54) is 12.0 Å². The molecule has 0 aliphatic carbocycles. The molecule has 6 heteroatoms. The number of carbonyl (C=O) groups is 3. The first-order chi connectivity index (χ1) is 12.0. The standard InChI is InChI=1S/C19H14BrNO4/c1-25-19(24)13(9-12-5-3-2-4-6-12)11-21-16-8-7-14(20)10-15(16)17(22)18(21)23/h2-10H,11H2,1H3/b13-9+. The van der Waals surface area contributed by atoms with Gasteiger partial charge in [0, 0.05) is 4.47 Å². The Bertz CT molecular complexity index is 890. The third-order valence-electron chi connectivity index (χ3n) is 3.85. The molecule has 0 saturated carbocycles. The van der Waals surface area contributed by atoms with Gasteiger partial charge in [-0.15, -0.1) is 0 Å². The van der Waals surface area contributed by atoms with E-state index in [9.17, 15) is 14.4 Å². The lowest BCUT2D eigenvalue weighted by molar-refractivity contribution is -0.136. The van der Waals surface area contributed by atoms with Gasteiger partial charge in [0.05, 0.1) is 30.5 Å². The molecule has 2 aromatic rings. The van der Waals surface area contributed by atoms with Crippen LogP contribution in [0, 0.1) is 0 Å². The summed E-state index contributed by atoms with van der Waals surface area (Å²) in [6.07, 6.45) is 1.65. The molecule has 1 aliphatic rings. The number of esters is 1. The van der Waals surface area contributed by atoms with E-state index in [1.807, 2.05) is 30.3 Å². The number of hydrogen-bond acceptors (Lipinski definition) is 4.